The van der Waals surface area contributed by atoms with Crippen LogP contribution in [0.4, 0.5) is 11.8 Å². The third-order valence-corrected chi connectivity index (χ3v) is 3.02. The molecule has 0 aliphatic rings. The zero-order valence-electron chi connectivity index (χ0n) is 12.8. The highest BCUT2D eigenvalue weighted by atomic mass is 16.5. The SMILES string of the molecule is CCCCCCCCOc1cc(NCCC)nc(N)n1. The van der Waals surface area contributed by atoms with Crippen molar-refractivity contribution in [1.82, 2.24) is 9.97 Å². The average Bonchev–Trinajstić information content (AvgIpc) is 2.43. The molecule has 0 radical (unpaired) electrons. The summed E-state index contributed by atoms with van der Waals surface area (Å²) in [7, 11) is 0. The maximum Gasteiger partial charge on any atom is 0.225 e. The van der Waals surface area contributed by atoms with Gasteiger partial charge in [0.25, 0.3) is 0 Å². The summed E-state index contributed by atoms with van der Waals surface area (Å²) >= 11 is 0. The van der Waals surface area contributed by atoms with Crippen LogP contribution in [0.1, 0.15) is 58.8 Å². The summed E-state index contributed by atoms with van der Waals surface area (Å²) in [5.41, 5.74) is 5.67. The van der Waals surface area contributed by atoms with Gasteiger partial charge in [-0.25, -0.2) is 0 Å². The van der Waals surface area contributed by atoms with Crippen LogP contribution in [0.5, 0.6) is 5.88 Å². The number of ether oxygens (including phenoxy) is 1. The van der Waals surface area contributed by atoms with Crippen molar-refractivity contribution in [3.05, 3.63) is 6.07 Å². The Balaban J connectivity index is 2.26. The zero-order chi connectivity index (χ0) is 14.6. The van der Waals surface area contributed by atoms with Crippen LogP contribution in [0.2, 0.25) is 0 Å². The Morgan fingerprint density at radius 1 is 1.05 bits per heavy atom. The molecule has 0 saturated heterocycles. The molecule has 1 aromatic rings. The van der Waals surface area contributed by atoms with Crippen LogP contribution in [-0.4, -0.2) is 23.1 Å². The number of unbranched alkanes of at least 4 members (excludes halogenated alkanes) is 5. The van der Waals surface area contributed by atoms with Crippen LogP contribution in [0.3, 0.4) is 0 Å². The fourth-order valence-electron chi connectivity index (χ4n) is 1.92. The molecule has 0 fully saturated rings. The van der Waals surface area contributed by atoms with E-state index in [0.717, 1.165) is 25.2 Å². The van der Waals surface area contributed by atoms with Crippen molar-refractivity contribution in [2.45, 2.75) is 58.8 Å². The van der Waals surface area contributed by atoms with E-state index in [1.54, 1.807) is 0 Å². The van der Waals surface area contributed by atoms with E-state index in [1.165, 1.54) is 32.1 Å². The van der Waals surface area contributed by atoms with Gasteiger partial charge >= 0.3 is 0 Å². The summed E-state index contributed by atoms with van der Waals surface area (Å²) in [6, 6.07) is 1.81. The Kier molecular flexibility index (Phi) is 8.51. The Morgan fingerprint density at radius 3 is 2.55 bits per heavy atom. The molecule has 5 heteroatoms. The van der Waals surface area contributed by atoms with E-state index in [0.29, 0.717) is 12.5 Å². The van der Waals surface area contributed by atoms with E-state index in [-0.39, 0.29) is 5.95 Å². The lowest BCUT2D eigenvalue weighted by atomic mass is 10.1. The molecular formula is C15H28N4O. The van der Waals surface area contributed by atoms with E-state index < -0.39 is 0 Å². The van der Waals surface area contributed by atoms with Crippen LogP contribution in [0, 0.1) is 0 Å². The third-order valence-electron chi connectivity index (χ3n) is 3.02. The quantitative estimate of drug-likeness (QED) is 0.606. The van der Waals surface area contributed by atoms with Gasteiger partial charge in [0.15, 0.2) is 0 Å². The van der Waals surface area contributed by atoms with Crippen molar-refractivity contribution in [3.8, 4) is 5.88 Å². The maximum atomic E-state index is 5.67. The molecule has 1 heterocycles. The molecule has 0 saturated carbocycles. The maximum absolute atomic E-state index is 5.67. The Bertz CT molecular complexity index is 371. The molecule has 0 aromatic carbocycles. The summed E-state index contributed by atoms with van der Waals surface area (Å²) in [6.45, 7) is 5.89. The van der Waals surface area contributed by atoms with Crippen LogP contribution in [0.15, 0.2) is 6.07 Å². The number of nitrogens with two attached hydrogens (primary N) is 1. The van der Waals surface area contributed by atoms with E-state index in [2.05, 4.69) is 29.1 Å². The fourth-order valence-corrected chi connectivity index (χ4v) is 1.92. The number of aromatic nitrogens is 2. The van der Waals surface area contributed by atoms with Gasteiger partial charge in [-0.15, -0.1) is 0 Å². The van der Waals surface area contributed by atoms with Gasteiger partial charge in [-0.05, 0) is 12.8 Å². The number of hydrogen-bond acceptors (Lipinski definition) is 5. The normalized spacial score (nSPS) is 10.5. The first-order valence-electron chi connectivity index (χ1n) is 7.77. The van der Waals surface area contributed by atoms with Gasteiger partial charge in [0, 0.05) is 12.6 Å². The second-order valence-electron chi connectivity index (χ2n) is 4.99. The molecule has 114 valence electrons. The van der Waals surface area contributed by atoms with Gasteiger partial charge in [0.1, 0.15) is 5.82 Å². The number of nitrogens with zero attached hydrogens (tertiary/aromatic N) is 2. The number of hydrogen-bond donors (Lipinski definition) is 2. The first-order chi connectivity index (χ1) is 9.76. The number of anilines is 2. The summed E-state index contributed by atoms with van der Waals surface area (Å²) in [6.07, 6.45) is 8.53. The van der Waals surface area contributed by atoms with Gasteiger partial charge in [-0.2, -0.15) is 9.97 Å². The lowest BCUT2D eigenvalue weighted by molar-refractivity contribution is 0.293. The van der Waals surface area contributed by atoms with E-state index in [9.17, 15) is 0 Å². The average molecular weight is 280 g/mol. The smallest absolute Gasteiger partial charge is 0.225 e. The molecule has 0 atom stereocenters. The molecule has 3 N–H and O–H groups in total. The summed E-state index contributed by atoms with van der Waals surface area (Å²) < 4.78 is 5.64. The molecule has 5 nitrogen and oxygen atoms in total. The third kappa shape index (κ3) is 7.16. The molecule has 0 unspecified atom stereocenters. The monoisotopic (exact) mass is 280 g/mol. The Labute approximate surface area is 122 Å². The van der Waals surface area contributed by atoms with Gasteiger partial charge in [-0.3, -0.25) is 0 Å². The Hall–Kier alpha value is -1.52. The number of rotatable bonds is 11. The highest BCUT2D eigenvalue weighted by molar-refractivity contribution is 5.42. The van der Waals surface area contributed by atoms with Crippen LogP contribution >= 0.6 is 0 Å². The van der Waals surface area contributed by atoms with Gasteiger partial charge in [0.05, 0.1) is 6.61 Å². The summed E-state index contributed by atoms with van der Waals surface area (Å²) in [4.78, 5) is 8.22. The molecule has 0 aliphatic heterocycles. The van der Waals surface area contributed by atoms with Gasteiger partial charge < -0.3 is 15.8 Å². The topological polar surface area (TPSA) is 73.1 Å². The first kappa shape index (κ1) is 16.5. The van der Waals surface area contributed by atoms with Gasteiger partial charge in [-0.1, -0.05) is 46.0 Å². The highest BCUT2D eigenvalue weighted by Gasteiger charge is 2.03. The van der Waals surface area contributed by atoms with Crippen molar-refractivity contribution in [1.29, 1.82) is 0 Å². The lowest BCUT2D eigenvalue weighted by Crippen LogP contribution is -2.07. The minimum Gasteiger partial charge on any atom is -0.477 e. The predicted molar refractivity (Wildman–Crippen MR) is 84.1 cm³/mol. The molecule has 20 heavy (non-hydrogen) atoms. The van der Waals surface area contributed by atoms with Crippen molar-refractivity contribution >= 4 is 11.8 Å². The minimum atomic E-state index is 0.254. The molecular weight excluding hydrogens is 252 g/mol. The zero-order valence-corrected chi connectivity index (χ0v) is 12.8. The molecule has 0 spiro atoms. The number of nitrogens with one attached hydrogen (secondary N) is 1. The molecule has 1 aromatic heterocycles. The minimum absolute atomic E-state index is 0.254. The second kappa shape index (κ2) is 10.3. The van der Waals surface area contributed by atoms with E-state index in [4.69, 9.17) is 10.5 Å². The molecule has 0 aliphatic carbocycles. The van der Waals surface area contributed by atoms with Crippen molar-refractivity contribution in [3.63, 3.8) is 0 Å². The summed E-state index contributed by atoms with van der Waals surface area (Å²) in [5.74, 6) is 1.55. The van der Waals surface area contributed by atoms with Crippen LogP contribution in [-0.2, 0) is 0 Å². The van der Waals surface area contributed by atoms with Crippen molar-refractivity contribution < 1.29 is 4.74 Å². The van der Waals surface area contributed by atoms with Crippen LogP contribution < -0.4 is 15.8 Å². The standard InChI is InChI=1S/C15H28N4O/c1-3-5-6-7-8-9-11-20-14-12-13(17-10-4-2)18-15(16)19-14/h12H,3-11H2,1-2H3,(H3,16,17,18,19). The molecule has 0 amide bonds. The largest absolute Gasteiger partial charge is 0.477 e. The van der Waals surface area contributed by atoms with Crippen LogP contribution in [0.25, 0.3) is 0 Å². The first-order valence-corrected chi connectivity index (χ1v) is 7.77. The van der Waals surface area contributed by atoms with E-state index >= 15 is 0 Å². The molecule has 0 bridgehead atoms. The second-order valence-corrected chi connectivity index (χ2v) is 4.99. The van der Waals surface area contributed by atoms with E-state index in [1.807, 2.05) is 6.07 Å². The highest BCUT2D eigenvalue weighted by Crippen LogP contribution is 2.15. The van der Waals surface area contributed by atoms with Crippen molar-refractivity contribution in [2.75, 3.05) is 24.2 Å². The van der Waals surface area contributed by atoms with Crippen molar-refractivity contribution in [2.24, 2.45) is 0 Å². The lowest BCUT2D eigenvalue weighted by Gasteiger charge is -2.09. The number of nitrogen functional groups attached to an aromatic ring is 1. The molecule has 1 rings (SSSR count). The predicted octanol–water partition coefficient (Wildman–Crippen LogP) is 3.62. The fraction of sp³-hybridized carbons (Fsp3) is 0.733. The summed E-state index contributed by atoms with van der Waals surface area (Å²) in [5, 5.41) is 3.19. The van der Waals surface area contributed by atoms with Gasteiger partial charge in [0.2, 0.25) is 11.8 Å². The Morgan fingerprint density at radius 2 is 1.80 bits per heavy atom.